The molecule has 4 fully saturated rings. The number of hydrogen-bond acceptors (Lipinski definition) is 15. The summed E-state index contributed by atoms with van der Waals surface area (Å²) in [5.41, 5.74) is 5.90. The first-order chi connectivity index (χ1) is 37.4. The van der Waals surface area contributed by atoms with Crippen LogP contribution in [0.25, 0.3) is 43.9 Å². The summed E-state index contributed by atoms with van der Waals surface area (Å²) < 4.78 is 23.7. The highest BCUT2D eigenvalue weighted by atomic mass is 16.5. The van der Waals surface area contributed by atoms with Crippen molar-refractivity contribution < 1.29 is 23.7 Å². The number of aromatic amines is 2. The lowest BCUT2D eigenvalue weighted by molar-refractivity contribution is -0.133. The molecular formula is C59H70N12O5. The van der Waals surface area contributed by atoms with Gasteiger partial charge in [-0.15, -0.1) is 0 Å². The van der Waals surface area contributed by atoms with Crippen LogP contribution < -0.4 is 28.7 Å². The van der Waals surface area contributed by atoms with Gasteiger partial charge in [-0.25, -0.2) is 9.97 Å². The number of hydrogen-bond donors (Lipinski definition) is 2. The quantitative estimate of drug-likeness (QED) is 0.0877. The lowest BCUT2D eigenvalue weighted by Crippen LogP contribution is -2.62. The first-order valence-electron chi connectivity index (χ1n) is 27.4. The number of aromatic nitrogens is 6. The molecule has 4 unspecified atom stereocenters. The van der Waals surface area contributed by atoms with Gasteiger partial charge < -0.3 is 38.7 Å². The van der Waals surface area contributed by atoms with Crippen LogP contribution in [0.4, 0.5) is 11.4 Å². The first kappa shape index (κ1) is 49.8. The summed E-state index contributed by atoms with van der Waals surface area (Å²) in [5.74, 6) is 4.20. The van der Waals surface area contributed by atoms with E-state index in [1.54, 1.807) is 14.2 Å². The first-order valence-corrected chi connectivity index (χ1v) is 27.4. The highest BCUT2D eigenvalue weighted by Gasteiger charge is 2.41. The Morgan fingerprint density at radius 1 is 0.539 bits per heavy atom. The second-order valence-corrected chi connectivity index (χ2v) is 21.2. The predicted molar refractivity (Wildman–Crippen MR) is 298 cm³/mol. The van der Waals surface area contributed by atoms with Crippen LogP contribution in [0.15, 0.2) is 110 Å². The summed E-state index contributed by atoms with van der Waals surface area (Å²) in [7, 11) is 3.37. The molecule has 4 aliphatic heterocycles. The van der Waals surface area contributed by atoms with Gasteiger partial charge in [-0.2, -0.15) is 0 Å². The number of ketones is 1. The molecule has 0 radical (unpaired) electrons. The van der Waals surface area contributed by atoms with Crippen LogP contribution in [0.2, 0.25) is 0 Å². The number of Topliss-reactive ketones (excluding diaryl/α,β-unsaturated/α-hetero) is 1. The Hall–Kier alpha value is -7.05. The van der Waals surface area contributed by atoms with E-state index in [2.05, 4.69) is 73.6 Å². The molecule has 10 heterocycles. The van der Waals surface area contributed by atoms with Gasteiger partial charge in [0.2, 0.25) is 0 Å². The van der Waals surface area contributed by atoms with Crippen molar-refractivity contribution in [1.82, 2.24) is 49.5 Å². The molecule has 0 saturated carbocycles. The van der Waals surface area contributed by atoms with Crippen molar-refractivity contribution in [2.75, 3.05) is 129 Å². The SMILES string of the molecule is COc1ccc(OCC2CCCN(C(CN3CCN(c4ccnc5cnc6[nH]ccc6c45)CC3)C(=O)C(CN3CCN(c4ccnc5cnc6[nH]ccc6c45)CC3)N3CCCC(COc4ccc(OC)cc4)C3)C2)cc1. The van der Waals surface area contributed by atoms with Crippen molar-refractivity contribution in [2.24, 2.45) is 11.8 Å². The summed E-state index contributed by atoms with van der Waals surface area (Å²) in [6.07, 6.45) is 15.6. The van der Waals surface area contributed by atoms with Crippen LogP contribution in [0.5, 0.6) is 23.0 Å². The standard InChI is InChI=1S/C59H70N12O5/c1-73-43-7-11-45(12-8-43)75-39-41-5-3-23-70(35-41)53(37-66-25-29-68(30-26-66)51-17-21-60-49-33-64-58-47(55(49)51)15-19-62-58)57(72)54(71-24-4-6-42(36-71)40-76-46-13-9-44(74-2)10-14-46)38-67-27-31-69(32-28-67)52-18-22-61-50-34-65-59-48(56(50)52)16-20-63-59/h7-22,33-34,41-42,53-54H,3-6,23-32,35-40H2,1-2H3,(H,62,64)(H,63,65). The molecule has 0 bridgehead atoms. The average Bonchev–Trinajstić information content (AvgIpc) is 4.22. The maximum absolute atomic E-state index is 16.3. The van der Waals surface area contributed by atoms with Gasteiger partial charge in [0.05, 0.1) is 62.9 Å². The maximum Gasteiger partial charge on any atom is 0.169 e. The number of piperidine rings is 2. The van der Waals surface area contributed by atoms with Crippen LogP contribution >= 0.6 is 0 Å². The van der Waals surface area contributed by atoms with Gasteiger partial charge >= 0.3 is 0 Å². The average molecular weight is 1030 g/mol. The van der Waals surface area contributed by atoms with Gasteiger partial charge in [-0.1, -0.05) is 0 Å². The van der Waals surface area contributed by atoms with E-state index in [0.717, 1.165) is 171 Å². The van der Waals surface area contributed by atoms with E-state index in [1.807, 2.05) is 85.7 Å². The number of pyridine rings is 4. The second kappa shape index (κ2) is 22.7. The van der Waals surface area contributed by atoms with Crippen LogP contribution in [0.1, 0.15) is 25.7 Å². The number of methoxy groups -OCH3 is 2. The Balaban J connectivity index is 0.808. The predicted octanol–water partition coefficient (Wildman–Crippen LogP) is 7.39. The number of fused-ring (bicyclic) bond motifs is 6. The summed E-state index contributed by atoms with van der Waals surface area (Å²) in [6, 6.07) is 23.6. The molecule has 6 aromatic heterocycles. The topological polar surface area (TPSA) is 157 Å². The number of carbonyl (C=O) groups is 1. The molecule has 12 rings (SSSR count). The largest absolute Gasteiger partial charge is 0.497 e. The summed E-state index contributed by atoms with van der Waals surface area (Å²) in [4.78, 5) is 56.7. The number of nitrogens with one attached hydrogen (secondary N) is 2. The molecule has 396 valence electrons. The normalized spacial score (nSPS) is 20.3. The van der Waals surface area contributed by atoms with Crippen LogP contribution in [0.3, 0.4) is 0 Å². The van der Waals surface area contributed by atoms with Gasteiger partial charge in [0.25, 0.3) is 0 Å². The number of rotatable bonds is 18. The fraction of sp³-hybridized carbons (Fsp3) is 0.441. The monoisotopic (exact) mass is 1030 g/mol. The molecule has 4 saturated heterocycles. The smallest absolute Gasteiger partial charge is 0.169 e. The van der Waals surface area contributed by atoms with Crippen molar-refractivity contribution in [3.05, 3.63) is 110 Å². The Morgan fingerprint density at radius 2 is 0.961 bits per heavy atom. The van der Waals surface area contributed by atoms with E-state index < -0.39 is 0 Å². The Kier molecular flexibility index (Phi) is 14.8. The van der Waals surface area contributed by atoms with Crippen molar-refractivity contribution in [2.45, 2.75) is 37.8 Å². The number of nitrogens with zero attached hydrogens (tertiary/aromatic N) is 10. The Bertz CT molecular complexity index is 3010. The fourth-order valence-corrected chi connectivity index (χ4v) is 12.4. The van der Waals surface area contributed by atoms with Gasteiger partial charge in [0, 0.05) is 148 Å². The van der Waals surface area contributed by atoms with E-state index in [4.69, 9.17) is 28.9 Å². The Labute approximate surface area is 444 Å². The maximum atomic E-state index is 16.3. The molecule has 0 aliphatic carbocycles. The van der Waals surface area contributed by atoms with E-state index in [9.17, 15) is 0 Å². The Morgan fingerprint density at radius 3 is 1.38 bits per heavy atom. The molecule has 0 amide bonds. The zero-order valence-electron chi connectivity index (χ0n) is 43.9. The molecular weight excluding hydrogens is 957 g/mol. The number of benzene rings is 2. The third kappa shape index (κ3) is 10.7. The minimum atomic E-state index is -0.287. The van der Waals surface area contributed by atoms with E-state index in [0.29, 0.717) is 32.1 Å². The molecule has 2 N–H and O–H groups in total. The van der Waals surface area contributed by atoms with Gasteiger partial charge in [0.15, 0.2) is 5.78 Å². The number of piperazine rings is 2. The number of carbonyl (C=O) groups excluding carboxylic acids is 1. The van der Waals surface area contributed by atoms with Crippen molar-refractivity contribution in [3.8, 4) is 23.0 Å². The van der Waals surface area contributed by atoms with Crippen molar-refractivity contribution in [1.29, 1.82) is 0 Å². The lowest BCUT2D eigenvalue weighted by Gasteiger charge is -2.46. The highest BCUT2D eigenvalue weighted by molar-refractivity contribution is 6.11. The fourth-order valence-electron chi connectivity index (χ4n) is 12.4. The van der Waals surface area contributed by atoms with Gasteiger partial charge in [0.1, 0.15) is 34.3 Å². The number of likely N-dealkylation sites (tertiary alicyclic amines) is 2. The van der Waals surface area contributed by atoms with E-state index >= 15 is 4.79 Å². The van der Waals surface area contributed by atoms with Crippen molar-refractivity contribution in [3.63, 3.8) is 0 Å². The summed E-state index contributed by atoms with van der Waals surface area (Å²) in [6.45, 7) is 12.7. The minimum absolute atomic E-state index is 0.287. The molecule has 8 aromatic rings. The number of anilines is 2. The second-order valence-electron chi connectivity index (χ2n) is 21.2. The third-order valence-electron chi connectivity index (χ3n) is 16.6. The lowest BCUT2D eigenvalue weighted by atomic mass is 9.91. The summed E-state index contributed by atoms with van der Waals surface area (Å²) >= 11 is 0. The van der Waals surface area contributed by atoms with Crippen LogP contribution in [-0.4, -0.2) is 186 Å². The molecule has 2 aromatic carbocycles. The van der Waals surface area contributed by atoms with Crippen molar-refractivity contribution >= 4 is 61.0 Å². The third-order valence-corrected chi connectivity index (χ3v) is 16.6. The molecule has 76 heavy (non-hydrogen) atoms. The zero-order chi connectivity index (χ0) is 51.4. The van der Waals surface area contributed by atoms with E-state index in [1.165, 1.54) is 11.4 Å². The highest BCUT2D eigenvalue weighted by Crippen LogP contribution is 2.35. The molecule has 4 atom stereocenters. The minimum Gasteiger partial charge on any atom is -0.497 e. The molecule has 17 nitrogen and oxygen atoms in total. The van der Waals surface area contributed by atoms with Gasteiger partial charge in [-0.05, 0) is 112 Å². The van der Waals surface area contributed by atoms with Crippen LogP contribution in [0, 0.1) is 11.8 Å². The molecule has 17 heteroatoms. The zero-order valence-corrected chi connectivity index (χ0v) is 43.9. The molecule has 0 spiro atoms. The summed E-state index contributed by atoms with van der Waals surface area (Å²) in [5, 5.41) is 4.44. The van der Waals surface area contributed by atoms with E-state index in [-0.39, 0.29) is 23.9 Å². The van der Waals surface area contributed by atoms with Gasteiger partial charge in [-0.3, -0.25) is 34.4 Å². The van der Waals surface area contributed by atoms with Crippen LogP contribution in [-0.2, 0) is 4.79 Å². The number of ether oxygens (including phenoxy) is 4. The number of H-pyrrole nitrogens is 2. The molecule has 4 aliphatic rings.